The number of aromatic nitrogens is 2. The molecular formula is C27H36N4O2. The van der Waals surface area contributed by atoms with Gasteiger partial charge in [0, 0.05) is 42.5 Å². The van der Waals surface area contributed by atoms with Crippen LogP contribution in [0.3, 0.4) is 0 Å². The van der Waals surface area contributed by atoms with Crippen molar-refractivity contribution in [1.29, 1.82) is 0 Å². The Kier molecular flexibility index (Phi) is 7.76. The van der Waals surface area contributed by atoms with E-state index in [1.807, 2.05) is 38.1 Å². The summed E-state index contributed by atoms with van der Waals surface area (Å²) >= 11 is 0. The Hall–Kier alpha value is -2.73. The van der Waals surface area contributed by atoms with Crippen molar-refractivity contribution in [1.82, 2.24) is 20.2 Å². The van der Waals surface area contributed by atoms with E-state index in [1.165, 1.54) is 25.8 Å². The summed E-state index contributed by atoms with van der Waals surface area (Å²) in [5, 5.41) is 3.01. The number of carbonyl (C=O) groups excluding carboxylic acids is 1. The van der Waals surface area contributed by atoms with Crippen LogP contribution in [0.25, 0.3) is 0 Å². The van der Waals surface area contributed by atoms with Crippen LogP contribution < -0.4 is 10.1 Å². The van der Waals surface area contributed by atoms with Gasteiger partial charge in [0.2, 0.25) is 5.91 Å². The predicted octanol–water partition coefficient (Wildman–Crippen LogP) is 4.11. The molecule has 1 amide bonds. The molecule has 1 aliphatic carbocycles. The minimum absolute atomic E-state index is 0.0195. The van der Waals surface area contributed by atoms with Crippen LogP contribution in [-0.2, 0) is 17.8 Å². The molecule has 33 heavy (non-hydrogen) atoms. The topological polar surface area (TPSA) is 67.3 Å². The molecule has 4 rings (SSSR count). The second-order valence-electron chi connectivity index (χ2n) is 9.43. The number of likely N-dealkylation sites (tertiary alicyclic amines) is 1. The number of amides is 1. The Labute approximate surface area is 197 Å². The molecule has 0 radical (unpaired) electrons. The lowest BCUT2D eigenvalue weighted by molar-refractivity contribution is -0.120. The summed E-state index contributed by atoms with van der Waals surface area (Å²) in [5.74, 6) is 2.89. The molecule has 0 spiro atoms. The second-order valence-corrected chi connectivity index (χ2v) is 9.43. The maximum Gasteiger partial charge on any atom is 0.224 e. The number of allylic oxidation sites excluding steroid dienone is 2. The second kappa shape index (κ2) is 10.9. The third-order valence-corrected chi connectivity index (χ3v) is 6.93. The van der Waals surface area contributed by atoms with Gasteiger partial charge in [-0.15, -0.1) is 0 Å². The van der Waals surface area contributed by atoms with Crippen molar-refractivity contribution in [2.75, 3.05) is 26.7 Å². The lowest BCUT2D eigenvalue weighted by atomic mass is 9.94. The molecule has 2 atom stereocenters. The van der Waals surface area contributed by atoms with Gasteiger partial charge in [-0.05, 0) is 69.7 Å². The van der Waals surface area contributed by atoms with E-state index in [2.05, 4.69) is 22.4 Å². The summed E-state index contributed by atoms with van der Waals surface area (Å²) in [4.78, 5) is 24.9. The molecule has 176 valence electrons. The standard InChI is InChI=1S/C27H36N4O2/c1-19-25(15-26(32)28-16-22-10-7-11-24(14-22)33-3)20(2)30-27(29-19)23-12-13-31(18-23)17-21-8-5-4-6-9-21/h4-5,7,10-11,14,21,23H,6,8-9,12-13,15-18H2,1-3H3,(H,28,32). The van der Waals surface area contributed by atoms with Gasteiger partial charge < -0.3 is 15.0 Å². The number of ether oxygens (including phenoxy) is 1. The number of benzene rings is 1. The van der Waals surface area contributed by atoms with Crippen LogP contribution in [0.15, 0.2) is 36.4 Å². The molecule has 0 saturated carbocycles. The molecule has 6 heteroatoms. The van der Waals surface area contributed by atoms with Gasteiger partial charge in [-0.25, -0.2) is 9.97 Å². The van der Waals surface area contributed by atoms with E-state index in [-0.39, 0.29) is 5.91 Å². The highest BCUT2D eigenvalue weighted by Crippen LogP contribution is 2.28. The lowest BCUT2D eigenvalue weighted by Gasteiger charge is -2.24. The highest BCUT2D eigenvalue weighted by atomic mass is 16.5. The minimum atomic E-state index is -0.0195. The fraction of sp³-hybridized carbons (Fsp3) is 0.519. The molecule has 1 aromatic carbocycles. The fourth-order valence-electron chi connectivity index (χ4n) is 5.01. The number of methoxy groups -OCH3 is 1. The van der Waals surface area contributed by atoms with E-state index in [4.69, 9.17) is 14.7 Å². The smallest absolute Gasteiger partial charge is 0.224 e. The van der Waals surface area contributed by atoms with Crippen LogP contribution in [0.1, 0.15) is 59.9 Å². The molecule has 1 fully saturated rings. The van der Waals surface area contributed by atoms with Gasteiger partial charge in [0.25, 0.3) is 0 Å². The Morgan fingerprint density at radius 3 is 2.73 bits per heavy atom. The first-order valence-electron chi connectivity index (χ1n) is 12.1. The Bertz CT molecular complexity index is 980. The van der Waals surface area contributed by atoms with Crippen molar-refractivity contribution in [3.05, 3.63) is 64.8 Å². The average Bonchev–Trinajstić information content (AvgIpc) is 3.29. The fourth-order valence-corrected chi connectivity index (χ4v) is 5.01. The van der Waals surface area contributed by atoms with Gasteiger partial charge in [0.15, 0.2) is 0 Å². The number of nitrogens with one attached hydrogen (secondary N) is 1. The Balaban J connectivity index is 1.33. The molecule has 2 unspecified atom stereocenters. The summed E-state index contributed by atoms with van der Waals surface area (Å²) < 4.78 is 5.25. The number of hydrogen-bond donors (Lipinski definition) is 1. The summed E-state index contributed by atoms with van der Waals surface area (Å²) in [7, 11) is 1.64. The van der Waals surface area contributed by atoms with Gasteiger partial charge in [-0.1, -0.05) is 24.3 Å². The SMILES string of the molecule is COc1cccc(CNC(=O)Cc2c(C)nc(C3CCN(CC4CC=CCC4)C3)nc2C)c1. The molecule has 1 N–H and O–H groups in total. The summed E-state index contributed by atoms with van der Waals surface area (Å²) in [6.07, 6.45) is 9.80. The zero-order chi connectivity index (χ0) is 23.2. The van der Waals surface area contributed by atoms with Crippen LogP contribution in [0.5, 0.6) is 5.75 Å². The Morgan fingerprint density at radius 2 is 2.00 bits per heavy atom. The molecule has 0 bridgehead atoms. The monoisotopic (exact) mass is 448 g/mol. The maximum atomic E-state index is 12.6. The quantitative estimate of drug-likeness (QED) is 0.616. The molecule has 1 aromatic heterocycles. The van der Waals surface area contributed by atoms with E-state index in [0.717, 1.165) is 59.5 Å². The third-order valence-electron chi connectivity index (χ3n) is 6.93. The van der Waals surface area contributed by atoms with Crippen LogP contribution in [0.4, 0.5) is 0 Å². The van der Waals surface area contributed by atoms with Gasteiger partial charge >= 0.3 is 0 Å². The highest BCUT2D eigenvalue weighted by molar-refractivity contribution is 5.79. The van der Waals surface area contributed by atoms with Crippen molar-refractivity contribution >= 4 is 5.91 Å². The average molecular weight is 449 g/mol. The number of carbonyl (C=O) groups is 1. The normalized spacial score (nSPS) is 20.7. The first-order valence-corrected chi connectivity index (χ1v) is 12.1. The van der Waals surface area contributed by atoms with E-state index in [9.17, 15) is 4.79 Å². The lowest BCUT2D eigenvalue weighted by Crippen LogP contribution is -2.28. The summed E-state index contributed by atoms with van der Waals surface area (Å²) in [5.41, 5.74) is 3.79. The van der Waals surface area contributed by atoms with Gasteiger partial charge in [0.1, 0.15) is 11.6 Å². The van der Waals surface area contributed by atoms with Crippen LogP contribution in [0, 0.1) is 19.8 Å². The van der Waals surface area contributed by atoms with Gasteiger partial charge in [-0.3, -0.25) is 4.79 Å². The first-order chi connectivity index (χ1) is 16.0. The van der Waals surface area contributed by atoms with E-state index < -0.39 is 0 Å². The molecular weight excluding hydrogens is 412 g/mol. The van der Waals surface area contributed by atoms with E-state index >= 15 is 0 Å². The zero-order valence-electron chi connectivity index (χ0n) is 20.1. The van der Waals surface area contributed by atoms with E-state index in [1.54, 1.807) is 7.11 Å². The zero-order valence-corrected chi connectivity index (χ0v) is 20.1. The number of nitrogens with zero attached hydrogens (tertiary/aromatic N) is 3. The number of aryl methyl sites for hydroxylation is 2. The molecule has 2 aromatic rings. The van der Waals surface area contributed by atoms with Crippen molar-refractivity contribution in [3.63, 3.8) is 0 Å². The highest BCUT2D eigenvalue weighted by Gasteiger charge is 2.28. The number of hydrogen-bond acceptors (Lipinski definition) is 5. The first kappa shape index (κ1) is 23.4. The molecule has 2 heterocycles. The number of rotatable bonds is 8. The van der Waals surface area contributed by atoms with Crippen LogP contribution in [-0.4, -0.2) is 47.5 Å². The van der Waals surface area contributed by atoms with Gasteiger partial charge in [-0.2, -0.15) is 0 Å². The summed E-state index contributed by atoms with van der Waals surface area (Å²) in [6, 6.07) is 7.74. The van der Waals surface area contributed by atoms with Crippen molar-refractivity contribution in [2.24, 2.45) is 5.92 Å². The van der Waals surface area contributed by atoms with Crippen molar-refractivity contribution in [3.8, 4) is 5.75 Å². The molecule has 2 aliphatic rings. The third kappa shape index (κ3) is 6.20. The van der Waals surface area contributed by atoms with Crippen molar-refractivity contribution < 1.29 is 9.53 Å². The Morgan fingerprint density at radius 1 is 1.18 bits per heavy atom. The molecule has 1 aliphatic heterocycles. The molecule has 1 saturated heterocycles. The van der Waals surface area contributed by atoms with Crippen LogP contribution in [0.2, 0.25) is 0 Å². The molecule has 6 nitrogen and oxygen atoms in total. The van der Waals surface area contributed by atoms with E-state index in [0.29, 0.717) is 18.9 Å². The predicted molar refractivity (Wildman–Crippen MR) is 130 cm³/mol. The van der Waals surface area contributed by atoms with Gasteiger partial charge in [0.05, 0.1) is 13.5 Å². The minimum Gasteiger partial charge on any atom is -0.497 e. The maximum absolute atomic E-state index is 12.6. The van der Waals surface area contributed by atoms with Crippen molar-refractivity contribution in [2.45, 2.75) is 58.4 Å². The largest absolute Gasteiger partial charge is 0.497 e. The van der Waals surface area contributed by atoms with Crippen LogP contribution >= 0.6 is 0 Å². The summed E-state index contributed by atoms with van der Waals surface area (Å²) in [6.45, 7) is 7.83.